The number of hydrogen-bond donors (Lipinski definition) is 0. The van der Waals surface area contributed by atoms with Crippen molar-refractivity contribution in [1.82, 2.24) is 0 Å². The maximum Gasteiger partial charge on any atom is 0.183 e. The van der Waals surface area contributed by atoms with Crippen LogP contribution in [0.3, 0.4) is 0 Å². The third kappa shape index (κ3) is 2.77. The molecule has 2 aromatic carbocycles. The lowest BCUT2D eigenvalue weighted by atomic mass is 10.1. The zero-order chi connectivity index (χ0) is 16.6. The maximum absolute atomic E-state index is 12.8. The minimum absolute atomic E-state index is 0.225. The zero-order valence-electron chi connectivity index (χ0n) is 13.2. The van der Waals surface area contributed by atoms with E-state index >= 15 is 0 Å². The summed E-state index contributed by atoms with van der Waals surface area (Å²) in [6.45, 7) is 4.00. The molecule has 0 heterocycles. The monoisotopic (exact) mass is 325 g/mol. The fourth-order valence-electron chi connectivity index (χ4n) is 3.08. The molecule has 1 saturated carbocycles. The van der Waals surface area contributed by atoms with Crippen LogP contribution < -0.4 is 0 Å². The number of sulfone groups is 1. The van der Waals surface area contributed by atoms with Crippen LogP contribution in [0.5, 0.6) is 0 Å². The van der Waals surface area contributed by atoms with Crippen molar-refractivity contribution in [3.05, 3.63) is 65.2 Å². The van der Waals surface area contributed by atoms with Gasteiger partial charge in [0.2, 0.25) is 0 Å². The van der Waals surface area contributed by atoms with E-state index in [9.17, 15) is 13.7 Å². The third-order valence-electron chi connectivity index (χ3n) is 4.58. The van der Waals surface area contributed by atoms with Crippen molar-refractivity contribution in [2.24, 2.45) is 5.92 Å². The molecule has 0 amide bonds. The third-order valence-corrected chi connectivity index (χ3v) is 6.82. The molecule has 0 aliphatic heterocycles. The molecule has 0 N–H and O–H groups in total. The Kier molecular flexibility index (Phi) is 3.99. The van der Waals surface area contributed by atoms with Crippen LogP contribution in [0.15, 0.2) is 53.4 Å². The highest BCUT2D eigenvalue weighted by molar-refractivity contribution is 7.92. The molecule has 23 heavy (non-hydrogen) atoms. The minimum atomic E-state index is -3.48. The summed E-state index contributed by atoms with van der Waals surface area (Å²) in [6, 6.07) is 17.0. The topological polar surface area (TPSA) is 57.9 Å². The average Bonchev–Trinajstić information content (AvgIpc) is 3.31. The molecule has 1 fully saturated rings. The first kappa shape index (κ1) is 15.8. The van der Waals surface area contributed by atoms with Crippen molar-refractivity contribution in [3.8, 4) is 6.07 Å². The standard InChI is InChI=1S/C19H19NO2S/c1-3-14-6-8-15(9-7-14)18-17(12-20)19(18)23(21,22)16-10-4-13(2)5-11-16/h4-11,17-19H,3H2,1-2H3/t17-,18-,19+/m1/s1. The van der Waals surface area contributed by atoms with Crippen LogP contribution in [0.4, 0.5) is 0 Å². The van der Waals surface area contributed by atoms with Crippen molar-refractivity contribution < 1.29 is 8.42 Å². The van der Waals surface area contributed by atoms with E-state index in [0.29, 0.717) is 4.90 Å². The Morgan fingerprint density at radius 3 is 2.17 bits per heavy atom. The van der Waals surface area contributed by atoms with E-state index in [1.165, 1.54) is 5.56 Å². The van der Waals surface area contributed by atoms with Gasteiger partial charge in [-0.1, -0.05) is 48.9 Å². The van der Waals surface area contributed by atoms with Crippen LogP contribution in [-0.2, 0) is 16.3 Å². The lowest BCUT2D eigenvalue weighted by Crippen LogP contribution is -2.10. The molecule has 0 saturated heterocycles. The zero-order valence-corrected chi connectivity index (χ0v) is 14.0. The Balaban J connectivity index is 1.92. The SMILES string of the molecule is CCc1ccc([C@@H]2[C@@H](C#N)[C@@H]2S(=O)(=O)c2ccc(C)cc2)cc1. The van der Waals surface area contributed by atoms with E-state index in [-0.39, 0.29) is 5.92 Å². The summed E-state index contributed by atoms with van der Waals surface area (Å²) in [4.78, 5) is 0.307. The van der Waals surface area contributed by atoms with E-state index in [2.05, 4.69) is 13.0 Å². The predicted octanol–water partition coefficient (Wildman–Crippen LogP) is 3.64. The van der Waals surface area contributed by atoms with E-state index in [4.69, 9.17) is 0 Å². The number of aryl methyl sites for hydroxylation is 2. The predicted molar refractivity (Wildman–Crippen MR) is 89.8 cm³/mol. The molecular weight excluding hydrogens is 306 g/mol. The fourth-order valence-corrected chi connectivity index (χ4v) is 5.15. The Bertz CT molecular complexity index is 846. The largest absolute Gasteiger partial charge is 0.223 e. The second-order valence-electron chi connectivity index (χ2n) is 6.10. The molecule has 1 aliphatic rings. The van der Waals surface area contributed by atoms with Crippen molar-refractivity contribution in [2.45, 2.75) is 36.3 Å². The second kappa shape index (κ2) is 5.82. The summed E-state index contributed by atoms with van der Waals surface area (Å²) < 4.78 is 25.7. The van der Waals surface area contributed by atoms with E-state index in [0.717, 1.165) is 17.5 Å². The van der Waals surface area contributed by atoms with Gasteiger partial charge in [0.15, 0.2) is 9.84 Å². The van der Waals surface area contributed by atoms with Gasteiger partial charge in [-0.3, -0.25) is 0 Å². The number of nitrogens with zero attached hydrogens (tertiary/aromatic N) is 1. The van der Waals surface area contributed by atoms with Gasteiger partial charge in [-0.15, -0.1) is 0 Å². The molecule has 3 rings (SSSR count). The molecule has 2 aromatic rings. The van der Waals surface area contributed by atoms with Crippen molar-refractivity contribution in [2.75, 3.05) is 0 Å². The van der Waals surface area contributed by atoms with Gasteiger partial charge in [0.05, 0.1) is 22.1 Å². The van der Waals surface area contributed by atoms with Crippen LogP contribution in [0, 0.1) is 24.2 Å². The molecule has 3 atom stereocenters. The van der Waals surface area contributed by atoms with Crippen LogP contribution in [0.2, 0.25) is 0 Å². The molecule has 0 spiro atoms. The van der Waals surface area contributed by atoms with Crippen LogP contribution in [0.1, 0.15) is 29.5 Å². The number of rotatable bonds is 4. The number of nitriles is 1. The van der Waals surface area contributed by atoms with Gasteiger partial charge in [0, 0.05) is 5.92 Å². The molecule has 118 valence electrons. The second-order valence-corrected chi connectivity index (χ2v) is 8.20. The molecule has 0 unspecified atom stereocenters. The molecular formula is C19H19NO2S. The molecule has 4 heteroatoms. The van der Waals surface area contributed by atoms with E-state index in [1.54, 1.807) is 24.3 Å². The van der Waals surface area contributed by atoms with Crippen LogP contribution in [0.25, 0.3) is 0 Å². The Morgan fingerprint density at radius 1 is 1.04 bits per heavy atom. The average molecular weight is 325 g/mol. The van der Waals surface area contributed by atoms with Crippen LogP contribution in [-0.4, -0.2) is 13.7 Å². The van der Waals surface area contributed by atoms with Crippen molar-refractivity contribution >= 4 is 9.84 Å². The Labute approximate surface area is 137 Å². The lowest BCUT2D eigenvalue weighted by Gasteiger charge is -2.05. The molecule has 1 aliphatic carbocycles. The van der Waals surface area contributed by atoms with Gasteiger partial charge in [-0.2, -0.15) is 5.26 Å². The van der Waals surface area contributed by atoms with Crippen molar-refractivity contribution in [3.63, 3.8) is 0 Å². The van der Waals surface area contributed by atoms with Gasteiger partial charge >= 0.3 is 0 Å². The van der Waals surface area contributed by atoms with Crippen LogP contribution >= 0.6 is 0 Å². The lowest BCUT2D eigenvalue weighted by molar-refractivity contribution is 0.593. The summed E-state index contributed by atoms with van der Waals surface area (Å²) in [7, 11) is -3.48. The summed E-state index contributed by atoms with van der Waals surface area (Å²) in [5, 5.41) is 8.71. The summed E-state index contributed by atoms with van der Waals surface area (Å²) in [5.41, 5.74) is 3.17. The first-order valence-corrected chi connectivity index (χ1v) is 9.32. The quantitative estimate of drug-likeness (QED) is 0.862. The first-order valence-electron chi connectivity index (χ1n) is 7.78. The Hall–Kier alpha value is -2.12. The molecule has 0 bridgehead atoms. The van der Waals surface area contributed by atoms with E-state index in [1.807, 2.05) is 31.2 Å². The first-order chi connectivity index (χ1) is 11.0. The van der Waals surface area contributed by atoms with Gasteiger partial charge in [0.25, 0.3) is 0 Å². The molecule has 0 radical (unpaired) electrons. The molecule has 0 aromatic heterocycles. The Morgan fingerprint density at radius 2 is 1.65 bits per heavy atom. The smallest absolute Gasteiger partial charge is 0.183 e. The van der Waals surface area contributed by atoms with Gasteiger partial charge in [-0.25, -0.2) is 8.42 Å². The highest BCUT2D eigenvalue weighted by atomic mass is 32.2. The van der Waals surface area contributed by atoms with Crippen molar-refractivity contribution in [1.29, 1.82) is 5.26 Å². The molecule has 3 nitrogen and oxygen atoms in total. The maximum atomic E-state index is 12.8. The normalized spacial score (nSPS) is 23.3. The summed E-state index contributed by atoms with van der Waals surface area (Å²) in [6.07, 6.45) is 0.942. The van der Waals surface area contributed by atoms with Gasteiger partial charge in [0.1, 0.15) is 0 Å². The fraction of sp³-hybridized carbons (Fsp3) is 0.316. The van der Waals surface area contributed by atoms with Gasteiger partial charge < -0.3 is 0 Å². The van der Waals surface area contributed by atoms with E-state index < -0.39 is 21.0 Å². The highest BCUT2D eigenvalue weighted by Gasteiger charge is 2.59. The summed E-state index contributed by atoms with van der Waals surface area (Å²) in [5.74, 6) is -0.689. The highest BCUT2D eigenvalue weighted by Crippen LogP contribution is 2.53. The number of hydrogen-bond acceptors (Lipinski definition) is 3. The number of benzene rings is 2. The summed E-state index contributed by atoms with van der Waals surface area (Å²) >= 11 is 0. The minimum Gasteiger partial charge on any atom is -0.223 e. The van der Waals surface area contributed by atoms with Gasteiger partial charge in [-0.05, 0) is 36.6 Å².